The van der Waals surface area contributed by atoms with Gasteiger partial charge in [0.05, 0.1) is 5.92 Å². The van der Waals surface area contributed by atoms with Gasteiger partial charge in [0.15, 0.2) is 5.76 Å². The molecule has 62 valence electrons. The predicted octanol–water partition coefficient (Wildman–Crippen LogP) is 1.56. The highest BCUT2D eigenvalue weighted by atomic mass is 16.3. The summed E-state index contributed by atoms with van der Waals surface area (Å²) in [6, 6.07) is 0. The lowest BCUT2D eigenvalue weighted by Gasteiger charge is -2.34. The van der Waals surface area contributed by atoms with Crippen LogP contribution in [-0.4, -0.2) is 16.0 Å². The average Bonchev–Trinajstić information content (AvgIpc) is 1.85. The Morgan fingerprint density at radius 3 is 1.91 bits per heavy atom. The molecule has 0 spiro atoms. The van der Waals surface area contributed by atoms with Crippen LogP contribution in [0.3, 0.4) is 0 Å². The van der Waals surface area contributed by atoms with Crippen LogP contribution in [0.15, 0.2) is 11.5 Å². The third-order valence-electron chi connectivity index (χ3n) is 1.88. The monoisotopic (exact) mass is 156 g/mol. The Labute approximate surface area is 65.3 Å². The van der Waals surface area contributed by atoms with Crippen LogP contribution in [0, 0.1) is 11.3 Å². The molecule has 0 aromatic heterocycles. The standard InChI is InChI=1S/C8H12O3/c1-8(2,3)4-5(9)7(11)6(4)10/h4,9,11H,1-3H3. The zero-order valence-corrected chi connectivity index (χ0v) is 6.88. The maximum atomic E-state index is 11.0. The molecule has 0 saturated heterocycles. The van der Waals surface area contributed by atoms with E-state index in [4.69, 9.17) is 10.2 Å². The van der Waals surface area contributed by atoms with E-state index < -0.39 is 11.7 Å². The fraction of sp³-hybridized carbons (Fsp3) is 0.625. The Hall–Kier alpha value is -0.990. The number of Topliss-reactive ketones (excluding diaryl/α,β-unsaturated/α-hetero) is 1. The summed E-state index contributed by atoms with van der Waals surface area (Å²) in [6.07, 6.45) is 0. The van der Waals surface area contributed by atoms with Crippen molar-refractivity contribution in [2.24, 2.45) is 11.3 Å². The Morgan fingerprint density at radius 1 is 1.27 bits per heavy atom. The second-order valence-corrected chi connectivity index (χ2v) is 3.90. The molecule has 0 aliphatic heterocycles. The van der Waals surface area contributed by atoms with Crippen molar-refractivity contribution >= 4 is 5.78 Å². The Bertz CT molecular complexity index is 232. The molecule has 3 heteroatoms. The largest absolute Gasteiger partial charge is 0.508 e. The summed E-state index contributed by atoms with van der Waals surface area (Å²) in [4.78, 5) is 11.0. The van der Waals surface area contributed by atoms with Gasteiger partial charge < -0.3 is 10.2 Å². The molecule has 1 rings (SSSR count). The molecule has 1 aliphatic rings. The number of carbonyl (C=O) groups is 1. The number of ketones is 1. The van der Waals surface area contributed by atoms with Gasteiger partial charge >= 0.3 is 0 Å². The van der Waals surface area contributed by atoms with Gasteiger partial charge in [-0.3, -0.25) is 4.79 Å². The first-order valence-electron chi connectivity index (χ1n) is 3.52. The van der Waals surface area contributed by atoms with Gasteiger partial charge in [0.2, 0.25) is 5.78 Å². The first-order chi connectivity index (χ1) is 4.85. The van der Waals surface area contributed by atoms with Gasteiger partial charge in [-0.05, 0) is 5.41 Å². The number of allylic oxidation sites excluding steroid dienone is 2. The first-order valence-corrected chi connectivity index (χ1v) is 3.52. The molecule has 1 atom stereocenters. The lowest BCUT2D eigenvalue weighted by Crippen LogP contribution is -2.40. The second-order valence-electron chi connectivity index (χ2n) is 3.90. The van der Waals surface area contributed by atoms with E-state index in [-0.39, 0.29) is 17.0 Å². The van der Waals surface area contributed by atoms with E-state index in [0.717, 1.165) is 0 Å². The van der Waals surface area contributed by atoms with Crippen LogP contribution in [0.1, 0.15) is 20.8 Å². The lowest BCUT2D eigenvalue weighted by molar-refractivity contribution is -0.129. The van der Waals surface area contributed by atoms with Crippen molar-refractivity contribution in [1.82, 2.24) is 0 Å². The van der Waals surface area contributed by atoms with Crippen LogP contribution < -0.4 is 0 Å². The minimum atomic E-state index is -0.512. The van der Waals surface area contributed by atoms with Crippen molar-refractivity contribution in [3.05, 3.63) is 11.5 Å². The van der Waals surface area contributed by atoms with Gasteiger partial charge in [-0.1, -0.05) is 20.8 Å². The van der Waals surface area contributed by atoms with Gasteiger partial charge in [0.25, 0.3) is 0 Å². The van der Waals surface area contributed by atoms with Crippen molar-refractivity contribution in [2.45, 2.75) is 20.8 Å². The molecule has 0 saturated carbocycles. The summed E-state index contributed by atoms with van der Waals surface area (Å²) >= 11 is 0. The molecule has 3 nitrogen and oxygen atoms in total. The molecular weight excluding hydrogens is 144 g/mol. The zero-order valence-electron chi connectivity index (χ0n) is 6.88. The van der Waals surface area contributed by atoms with E-state index in [9.17, 15) is 4.79 Å². The molecule has 11 heavy (non-hydrogen) atoms. The number of aliphatic hydroxyl groups is 2. The third kappa shape index (κ3) is 1.00. The number of hydrogen-bond donors (Lipinski definition) is 2. The van der Waals surface area contributed by atoms with Crippen LogP contribution in [0.2, 0.25) is 0 Å². The number of carbonyl (C=O) groups excluding carboxylic acids is 1. The highest BCUT2D eigenvalue weighted by Crippen LogP contribution is 2.40. The van der Waals surface area contributed by atoms with E-state index >= 15 is 0 Å². The number of hydrogen-bond acceptors (Lipinski definition) is 3. The van der Waals surface area contributed by atoms with E-state index in [1.54, 1.807) is 0 Å². The van der Waals surface area contributed by atoms with Gasteiger partial charge in [-0.2, -0.15) is 0 Å². The minimum absolute atomic E-state index is 0.164. The van der Waals surface area contributed by atoms with Crippen molar-refractivity contribution in [1.29, 1.82) is 0 Å². The molecule has 0 heterocycles. The SMILES string of the molecule is CC(C)(C)C1C(=O)C(O)=C1O. The van der Waals surface area contributed by atoms with E-state index in [1.807, 2.05) is 20.8 Å². The highest BCUT2D eigenvalue weighted by Gasteiger charge is 2.46. The summed E-state index contributed by atoms with van der Waals surface area (Å²) in [7, 11) is 0. The van der Waals surface area contributed by atoms with E-state index in [0.29, 0.717) is 0 Å². The van der Waals surface area contributed by atoms with Gasteiger partial charge in [0, 0.05) is 0 Å². The third-order valence-corrected chi connectivity index (χ3v) is 1.88. The summed E-state index contributed by atoms with van der Waals surface area (Å²) < 4.78 is 0. The topological polar surface area (TPSA) is 57.5 Å². The summed E-state index contributed by atoms with van der Waals surface area (Å²) in [5, 5.41) is 17.9. The predicted molar refractivity (Wildman–Crippen MR) is 40.2 cm³/mol. The molecule has 0 bridgehead atoms. The molecule has 0 radical (unpaired) electrons. The molecule has 0 aromatic rings. The Balaban J connectivity index is 2.92. The van der Waals surface area contributed by atoms with Gasteiger partial charge in [-0.15, -0.1) is 0 Å². The minimum Gasteiger partial charge on any atom is -0.508 e. The maximum Gasteiger partial charge on any atom is 0.211 e. The molecule has 0 amide bonds. The quantitative estimate of drug-likeness (QED) is 0.559. The fourth-order valence-electron chi connectivity index (χ4n) is 1.25. The zero-order chi connectivity index (χ0) is 8.81. The van der Waals surface area contributed by atoms with Crippen molar-refractivity contribution in [3.8, 4) is 0 Å². The molecule has 0 aromatic carbocycles. The van der Waals surface area contributed by atoms with E-state index in [1.165, 1.54) is 0 Å². The lowest BCUT2D eigenvalue weighted by atomic mass is 9.70. The van der Waals surface area contributed by atoms with Crippen LogP contribution in [-0.2, 0) is 4.79 Å². The summed E-state index contributed by atoms with van der Waals surface area (Å²) in [5.41, 5.74) is -0.298. The van der Waals surface area contributed by atoms with Crippen molar-refractivity contribution in [3.63, 3.8) is 0 Å². The first kappa shape index (κ1) is 8.11. The van der Waals surface area contributed by atoms with Gasteiger partial charge in [-0.25, -0.2) is 0 Å². The molecular formula is C8H12O3. The van der Waals surface area contributed by atoms with Crippen LogP contribution in [0.25, 0.3) is 0 Å². The van der Waals surface area contributed by atoms with Gasteiger partial charge in [0.1, 0.15) is 5.76 Å². The fourth-order valence-corrected chi connectivity index (χ4v) is 1.25. The summed E-state index contributed by atoms with van der Waals surface area (Å²) in [6.45, 7) is 5.54. The van der Waals surface area contributed by atoms with E-state index in [2.05, 4.69) is 0 Å². The van der Waals surface area contributed by atoms with Crippen molar-refractivity contribution < 1.29 is 15.0 Å². The maximum absolute atomic E-state index is 11.0. The van der Waals surface area contributed by atoms with Crippen LogP contribution in [0.5, 0.6) is 0 Å². The highest BCUT2D eigenvalue weighted by molar-refractivity contribution is 6.04. The van der Waals surface area contributed by atoms with Crippen LogP contribution >= 0.6 is 0 Å². The molecule has 0 fully saturated rings. The normalized spacial score (nSPS) is 25.4. The molecule has 1 unspecified atom stereocenters. The summed E-state index contributed by atoms with van der Waals surface area (Å²) in [5.74, 6) is -1.50. The number of aliphatic hydroxyl groups excluding tert-OH is 2. The molecule has 1 aliphatic carbocycles. The Morgan fingerprint density at radius 2 is 1.73 bits per heavy atom. The smallest absolute Gasteiger partial charge is 0.211 e. The van der Waals surface area contributed by atoms with Crippen molar-refractivity contribution in [2.75, 3.05) is 0 Å². The molecule has 2 N–H and O–H groups in total. The Kier molecular flexibility index (Phi) is 1.47. The van der Waals surface area contributed by atoms with Crippen LogP contribution in [0.4, 0.5) is 0 Å². The second kappa shape index (κ2) is 2.00. The number of rotatable bonds is 0. The average molecular weight is 156 g/mol.